The Bertz CT molecular complexity index is 210. The Balaban J connectivity index is 1.91. The summed E-state index contributed by atoms with van der Waals surface area (Å²) in [4.78, 5) is 0. The number of rotatable bonds is 0. The largest absolute Gasteiger partial charge is 0.198 e. The van der Waals surface area contributed by atoms with E-state index >= 15 is 0 Å². The van der Waals surface area contributed by atoms with Crippen LogP contribution in [0.15, 0.2) is 0 Å². The zero-order valence-electron chi connectivity index (χ0n) is 7.29. The Kier molecular flexibility index (Phi) is 1.30. The average molecular weight is 160 g/mol. The second kappa shape index (κ2) is 2.25. The summed E-state index contributed by atoms with van der Waals surface area (Å²) in [5.74, 6) is 4.68. The zero-order chi connectivity index (χ0) is 8.13. The van der Waals surface area contributed by atoms with Crippen LogP contribution in [0, 0.1) is 40.9 Å². The van der Waals surface area contributed by atoms with Crippen LogP contribution in [0.3, 0.4) is 0 Å². The summed E-state index contributed by atoms with van der Waals surface area (Å²) in [5, 5.41) is 9.03. The van der Waals surface area contributed by atoms with Gasteiger partial charge in [0.1, 0.15) is 0 Å². The topological polar surface area (TPSA) is 23.8 Å². The fourth-order valence-corrected chi connectivity index (χ4v) is 3.83. The normalized spacial score (nSPS) is 50.9. The Morgan fingerprint density at radius 3 is 2.25 bits per heavy atom. The Hall–Kier alpha value is -0.510. The van der Waals surface area contributed by atoms with Gasteiger partial charge in [0.05, 0.1) is 12.0 Å². The van der Waals surface area contributed by atoms with Crippen LogP contribution in [0.2, 0.25) is 0 Å². The molecule has 63 valence electrons. The molecule has 4 fully saturated rings. The van der Waals surface area contributed by atoms with E-state index in [4.69, 9.17) is 5.26 Å². The molecule has 0 saturated heterocycles. The first-order chi connectivity index (χ1) is 5.86. The van der Waals surface area contributed by atoms with Gasteiger partial charge in [-0.25, -0.2) is 0 Å². The molecule has 4 aliphatic rings. The summed E-state index contributed by atoms with van der Waals surface area (Å²) < 4.78 is 0. The monoisotopic (exact) mass is 160 g/mol. The van der Waals surface area contributed by atoms with Crippen molar-refractivity contribution >= 4 is 0 Å². The van der Waals surface area contributed by atoms with Crippen molar-refractivity contribution in [3.8, 4) is 6.07 Å². The molecular formula is C11H14N. The molecule has 0 amide bonds. The van der Waals surface area contributed by atoms with Crippen molar-refractivity contribution in [3.63, 3.8) is 0 Å². The van der Waals surface area contributed by atoms with E-state index < -0.39 is 0 Å². The third-order valence-electron chi connectivity index (χ3n) is 4.09. The van der Waals surface area contributed by atoms with Gasteiger partial charge in [0, 0.05) is 0 Å². The lowest BCUT2D eigenvalue weighted by Crippen LogP contribution is -2.43. The van der Waals surface area contributed by atoms with Crippen molar-refractivity contribution in [1.82, 2.24) is 0 Å². The number of nitrogens with zero attached hydrogens (tertiary/aromatic N) is 1. The molecule has 0 aromatic carbocycles. The van der Waals surface area contributed by atoms with E-state index in [1.54, 1.807) is 5.92 Å². The van der Waals surface area contributed by atoms with E-state index in [1.807, 2.05) is 0 Å². The molecule has 0 aromatic rings. The first-order valence-corrected chi connectivity index (χ1v) is 5.11. The molecule has 4 saturated carbocycles. The number of hydrogen-bond acceptors (Lipinski definition) is 1. The van der Waals surface area contributed by atoms with Crippen LogP contribution in [-0.2, 0) is 0 Å². The van der Waals surface area contributed by atoms with Crippen molar-refractivity contribution in [1.29, 1.82) is 5.26 Å². The van der Waals surface area contributed by atoms with Crippen LogP contribution in [-0.4, -0.2) is 0 Å². The smallest absolute Gasteiger partial charge is 0.0664 e. The zero-order valence-corrected chi connectivity index (χ0v) is 7.29. The highest BCUT2D eigenvalue weighted by Gasteiger charge is 2.48. The minimum absolute atomic E-state index is 0.359. The molecule has 1 nitrogen and oxygen atoms in total. The summed E-state index contributed by atoms with van der Waals surface area (Å²) in [7, 11) is 0. The highest BCUT2D eigenvalue weighted by atomic mass is 14.5. The van der Waals surface area contributed by atoms with E-state index in [1.165, 1.54) is 32.1 Å². The van der Waals surface area contributed by atoms with Crippen molar-refractivity contribution in [2.75, 3.05) is 0 Å². The highest BCUT2D eigenvalue weighted by molar-refractivity contribution is 5.19. The lowest BCUT2D eigenvalue weighted by molar-refractivity contribution is 0.0639. The minimum Gasteiger partial charge on any atom is -0.198 e. The first-order valence-electron chi connectivity index (χ1n) is 5.11. The van der Waals surface area contributed by atoms with Gasteiger partial charge in [-0.2, -0.15) is 5.26 Å². The van der Waals surface area contributed by atoms with E-state index in [2.05, 4.69) is 6.07 Å². The maximum atomic E-state index is 9.03. The molecule has 3 unspecified atom stereocenters. The van der Waals surface area contributed by atoms with E-state index in [-0.39, 0.29) is 0 Å². The maximum Gasteiger partial charge on any atom is 0.0664 e. The van der Waals surface area contributed by atoms with Gasteiger partial charge < -0.3 is 0 Å². The molecule has 12 heavy (non-hydrogen) atoms. The Labute approximate surface area is 73.8 Å². The fraction of sp³-hybridized carbons (Fsp3) is 0.818. The van der Waals surface area contributed by atoms with Gasteiger partial charge in [-0.05, 0) is 55.8 Å². The minimum atomic E-state index is 0.359. The van der Waals surface area contributed by atoms with Crippen molar-refractivity contribution in [2.24, 2.45) is 23.7 Å². The second-order valence-electron chi connectivity index (χ2n) is 4.87. The van der Waals surface area contributed by atoms with Crippen LogP contribution in [0.1, 0.15) is 32.1 Å². The fourth-order valence-electron chi connectivity index (χ4n) is 3.83. The van der Waals surface area contributed by atoms with Crippen molar-refractivity contribution in [2.45, 2.75) is 32.1 Å². The average Bonchev–Trinajstić information content (AvgIpc) is 2.02. The first kappa shape index (κ1) is 6.95. The van der Waals surface area contributed by atoms with Gasteiger partial charge in [0.25, 0.3) is 0 Å². The van der Waals surface area contributed by atoms with Crippen molar-refractivity contribution < 1.29 is 0 Å². The van der Waals surface area contributed by atoms with Gasteiger partial charge in [0.2, 0.25) is 0 Å². The van der Waals surface area contributed by atoms with Crippen LogP contribution < -0.4 is 0 Å². The van der Waals surface area contributed by atoms with Gasteiger partial charge in [-0.15, -0.1) is 0 Å². The summed E-state index contributed by atoms with van der Waals surface area (Å²) in [6.45, 7) is 0. The SMILES string of the molecule is N#CC1[C]2CC3CC(C2)CC1C3. The standard InChI is InChI=1S/C11H14N/c12-6-11-9-2-7-1-8(4-9)5-10(11)3-7/h7-9,11H,1-5H2. The van der Waals surface area contributed by atoms with E-state index in [0.29, 0.717) is 5.92 Å². The molecule has 4 bridgehead atoms. The summed E-state index contributed by atoms with van der Waals surface area (Å²) >= 11 is 0. The summed E-state index contributed by atoms with van der Waals surface area (Å²) in [5.41, 5.74) is 0. The van der Waals surface area contributed by atoms with E-state index in [0.717, 1.165) is 17.8 Å². The quantitative estimate of drug-likeness (QED) is 0.534. The molecule has 4 rings (SSSR count). The molecule has 0 aliphatic heterocycles. The van der Waals surface area contributed by atoms with Crippen LogP contribution in [0.5, 0.6) is 0 Å². The second-order valence-corrected chi connectivity index (χ2v) is 4.87. The molecule has 4 aliphatic carbocycles. The Morgan fingerprint density at radius 1 is 1.08 bits per heavy atom. The third kappa shape index (κ3) is 0.787. The molecule has 0 spiro atoms. The lowest BCUT2D eigenvalue weighted by atomic mass is 9.52. The molecular weight excluding hydrogens is 146 g/mol. The lowest BCUT2D eigenvalue weighted by Gasteiger charge is -2.51. The van der Waals surface area contributed by atoms with E-state index in [9.17, 15) is 0 Å². The highest BCUT2D eigenvalue weighted by Crippen LogP contribution is 2.57. The number of nitriles is 1. The summed E-state index contributed by atoms with van der Waals surface area (Å²) in [6, 6.07) is 2.51. The predicted octanol–water partition coefficient (Wildman–Crippen LogP) is 2.54. The van der Waals surface area contributed by atoms with Gasteiger partial charge in [-0.1, -0.05) is 0 Å². The van der Waals surface area contributed by atoms with Crippen molar-refractivity contribution in [3.05, 3.63) is 5.92 Å². The predicted molar refractivity (Wildman–Crippen MR) is 45.9 cm³/mol. The number of hydrogen-bond donors (Lipinski definition) is 0. The van der Waals surface area contributed by atoms with Gasteiger partial charge in [-0.3, -0.25) is 0 Å². The molecule has 0 heterocycles. The maximum absolute atomic E-state index is 9.03. The van der Waals surface area contributed by atoms with Gasteiger partial charge >= 0.3 is 0 Å². The summed E-state index contributed by atoms with van der Waals surface area (Å²) in [6.07, 6.45) is 6.78. The van der Waals surface area contributed by atoms with Crippen LogP contribution in [0.25, 0.3) is 0 Å². The Morgan fingerprint density at radius 2 is 1.75 bits per heavy atom. The molecule has 3 atom stereocenters. The molecule has 1 heteroatoms. The third-order valence-corrected chi connectivity index (χ3v) is 4.09. The van der Waals surface area contributed by atoms with Crippen LogP contribution >= 0.6 is 0 Å². The molecule has 0 N–H and O–H groups in total. The van der Waals surface area contributed by atoms with Gasteiger partial charge in [0.15, 0.2) is 0 Å². The molecule has 1 radical (unpaired) electrons. The molecule has 0 aromatic heterocycles. The van der Waals surface area contributed by atoms with Crippen LogP contribution in [0.4, 0.5) is 0 Å².